The summed E-state index contributed by atoms with van der Waals surface area (Å²) < 4.78 is 5.64. The molecule has 3 N–H and O–H groups in total. The number of carbonyl (C=O) groups is 2. The maximum Gasteiger partial charge on any atom is 0.258 e. The van der Waals surface area contributed by atoms with Crippen molar-refractivity contribution in [3.05, 3.63) is 59.2 Å². The summed E-state index contributed by atoms with van der Waals surface area (Å²) in [6.45, 7) is 6.74. The van der Waals surface area contributed by atoms with Crippen LogP contribution in [0.25, 0.3) is 0 Å². The first kappa shape index (κ1) is 21.5. The molecule has 2 amide bonds. The molecule has 0 bridgehead atoms. The maximum atomic E-state index is 12.8. The van der Waals surface area contributed by atoms with E-state index in [2.05, 4.69) is 27.9 Å². The number of anilines is 2. The SMILES string of the molecule is CC(=O)Nc1cccc(C(=O)NC(=NC[C@H]2CCCO2)Nc2ccc(C)c(C)c2)c1. The number of aliphatic imine (C=N–C) groups is 1. The Labute approximate surface area is 176 Å². The second-order valence-electron chi connectivity index (χ2n) is 7.46. The minimum Gasteiger partial charge on any atom is -0.376 e. The molecule has 1 aliphatic rings. The minimum atomic E-state index is -0.315. The molecule has 0 aromatic heterocycles. The number of rotatable bonds is 5. The molecule has 0 spiro atoms. The molecule has 2 aromatic carbocycles. The molecule has 3 rings (SSSR count). The van der Waals surface area contributed by atoms with Crippen molar-refractivity contribution < 1.29 is 14.3 Å². The van der Waals surface area contributed by atoms with Gasteiger partial charge in [-0.2, -0.15) is 0 Å². The number of nitrogens with zero attached hydrogens (tertiary/aromatic N) is 1. The predicted octanol–water partition coefficient (Wildman–Crippen LogP) is 3.64. The van der Waals surface area contributed by atoms with E-state index in [0.29, 0.717) is 23.8 Å². The Kier molecular flexibility index (Phi) is 7.19. The van der Waals surface area contributed by atoms with Crippen LogP contribution in [-0.2, 0) is 9.53 Å². The molecule has 0 aliphatic carbocycles. The van der Waals surface area contributed by atoms with Crippen molar-refractivity contribution >= 4 is 29.1 Å². The van der Waals surface area contributed by atoms with E-state index >= 15 is 0 Å². The summed E-state index contributed by atoms with van der Waals surface area (Å²) in [7, 11) is 0. The molecule has 0 saturated carbocycles. The van der Waals surface area contributed by atoms with Crippen LogP contribution in [0.3, 0.4) is 0 Å². The van der Waals surface area contributed by atoms with Gasteiger partial charge in [0.1, 0.15) is 0 Å². The molecule has 30 heavy (non-hydrogen) atoms. The van der Waals surface area contributed by atoms with Crippen LogP contribution in [0.5, 0.6) is 0 Å². The number of hydrogen-bond donors (Lipinski definition) is 3. The molecule has 1 fully saturated rings. The first-order valence-corrected chi connectivity index (χ1v) is 10.1. The van der Waals surface area contributed by atoms with Crippen molar-refractivity contribution in [3.8, 4) is 0 Å². The van der Waals surface area contributed by atoms with E-state index in [9.17, 15) is 9.59 Å². The maximum absolute atomic E-state index is 12.8. The summed E-state index contributed by atoms with van der Waals surface area (Å²) in [5.74, 6) is -0.143. The van der Waals surface area contributed by atoms with Crippen LogP contribution < -0.4 is 16.0 Å². The van der Waals surface area contributed by atoms with Crippen LogP contribution >= 0.6 is 0 Å². The first-order chi connectivity index (χ1) is 14.4. The lowest BCUT2D eigenvalue weighted by Crippen LogP contribution is -2.36. The summed E-state index contributed by atoms with van der Waals surface area (Å²) in [5, 5.41) is 8.75. The molecule has 2 aromatic rings. The van der Waals surface area contributed by atoms with Crippen molar-refractivity contribution in [2.45, 2.75) is 39.7 Å². The molecule has 0 unspecified atom stereocenters. The third kappa shape index (κ3) is 6.15. The van der Waals surface area contributed by atoms with Gasteiger partial charge < -0.3 is 15.4 Å². The Balaban J connectivity index is 1.76. The van der Waals surface area contributed by atoms with Crippen LogP contribution in [0.15, 0.2) is 47.5 Å². The van der Waals surface area contributed by atoms with Crippen LogP contribution in [0.4, 0.5) is 11.4 Å². The van der Waals surface area contributed by atoms with E-state index in [0.717, 1.165) is 30.7 Å². The fraction of sp³-hybridized carbons (Fsp3) is 0.348. The van der Waals surface area contributed by atoms with E-state index in [1.54, 1.807) is 24.3 Å². The van der Waals surface area contributed by atoms with Gasteiger partial charge in [-0.1, -0.05) is 12.1 Å². The van der Waals surface area contributed by atoms with Gasteiger partial charge in [-0.05, 0) is 68.1 Å². The Bertz CT molecular complexity index is 949. The first-order valence-electron chi connectivity index (χ1n) is 10.1. The van der Waals surface area contributed by atoms with Crippen molar-refractivity contribution in [2.75, 3.05) is 23.8 Å². The highest BCUT2D eigenvalue weighted by Crippen LogP contribution is 2.16. The Morgan fingerprint density at radius 2 is 1.87 bits per heavy atom. The summed E-state index contributed by atoms with van der Waals surface area (Å²) in [6.07, 6.45) is 2.07. The van der Waals surface area contributed by atoms with Crippen LogP contribution in [0.2, 0.25) is 0 Å². The summed E-state index contributed by atoms with van der Waals surface area (Å²) in [4.78, 5) is 28.7. The van der Waals surface area contributed by atoms with E-state index < -0.39 is 0 Å². The zero-order valence-corrected chi connectivity index (χ0v) is 17.6. The smallest absolute Gasteiger partial charge is 0.258 e. The topological polar surface area (TPSA) is 91.8 Å². The average molecular weight is 409 g/mol. The number of ether oxygens (including phenoxy) is 1. The lowest BCUT2D eigenvalue weighted by molar-refractivity contribution is -0.114. The Morgan fingerprint density at radius 3 is 2.57 bits per heavy atom. The summed E-state index contributed by atoms with van der Waals surface area (Å²) >= 11 is 0. The Hall–Kier alpha value is -3.19. The minimum absolute atomic E-state index is 0.0709. The predicted molar refractivity (Wildman–Crippen MR) is 119 cm³/mol. The van der Waals surface area contributed by atoms with E-state index in [1.807, 2.05) is 25.1 Å². The van der Waals surface area contributed by atoms with Crippen molar-refractivity contribution in [2.24, 2.45) is 4.99 Å². The molecule has 1 aliphatic heterocycles. The standard InChI is InChI=1S/C23H28N4O3/c1-15-9-10-20(12-16(15)2)26-23(24-14-21-8-5-11-30-21)27-22(29)18-6-4-7-19(13-18)25-17(3)28/h4,6-7,9-10,12-13,21H,5,8,11,14H2,1-3H3,(H,25,28)(H2,24,26,27,29)/t21-/m1/s1. The van der Waals surface area contributed by atoms with Gasteiger partial charge in [0.25, 0.3) is 5.91 Å². The molecule has 0 radical (unpaired) electrons. The monoisotopic (exact) mass is 408 g/mol. The highest BCUT2D eigenvalue weighted by molar-refractivity contribution is 6.10. The van der Waals surface area contributed by atoms with Crippen LogP contribution in [0, 0.1) is 13.8 Å². The number of hydrogen-bond acceptors (Lipinski definition) is 4. The Morgan fingerprint density at radius 1 is 1.07 bits per heavy atom. The van der Waals surface area contributed by atoms with Gasteiger partial charge >= 0.3 is 0 Å². The number of guanidine groups is 1. The molecule has 7 nitrogen and oxygen atoms in total. The van der Waals surface area contributed by atoms with Gasteiger partial charge in [0.15, 0.2) is 0 Å². The lowest BCUT2D eigenvalue weighted by Gasteiger charge is -2.14. The summed E-state index contributed by atoms with van der Waals surface area (Å²) in [5.41, 5.74) is 4.17. The third-order valence-corrected chi connectivity index (χ3v) is 4.92. The fourth-order valence-corrected chi connectivity index (χ4v) is 3.17. The lowest BCUT2D eigenvalue weighted by atomic mass is 10.1. The zero-order valence-electron chi connectivity index (χ0n) is 17.6. The third-order valence-electron chi connectivity index (χ3n) is 4.92. The molecule has 1 atom stereocenters. The highest BCUT2D eigenvalue weighted by Gasteiger charge is 2.16. The van der Waals surface area contributed by atoms with Gasteiger partial charge in [-0.25, -0.2) is 4.99 Å². The summed E-state index contributed by atoms with van der Waals surface area (Å²) in [6, 6.07) is 12.8. The molecule has 1 heterocycles. The highest BCUT2D eigenvalue weighted by atomic mass is 16.5. The van der Waals surface area contributed by atoms with Gasteiger partial charge in [0, 0.05) is 30.5 Å². The van der Waals surface area contributed by atoms with Gasteiger partial charge in [-0.15, -0.1) is 0 Å². The molecule has 7 heteroatoms. The van der Waals surface area contributed by atoms with Gasteiger partial charge in [0.05, 0.1) is 12.6 Å². The van der Waals surface area contributed by atoms with E-state index in [1.165, 1.54) is 12.5 Å². The van der Waals surface area contributed by atoms with Crippen LogP contribution in [-0.4, -0.2) is 37.0 Å². The van der Waals surface area contributed by atoms with Gasteiger partial charge in [-0.3, -0.25) is 14.9 Å². The normalized spacial score (nSPS) is 16.2. The average Bonchev–Trinajstić information content (AvgIpc) is 3.22. The largest absolute Gasteiger partial charge is 0.376 e. The van der Waals surface area contributed by atoms with Gasteiger partial charge in [0.2, 0.25) is 11.9 Å². The van der Waals surface area contributed by atoms with E-state index in [4.69, 9.17) is 4.74 Å². The second kappa shape index (κ2) is 10.0. The van der Waals surface area contributed by atoms with Crippen LogP contribution in [0.1, 0.15) is 41.3 Å². The number of nitrogens with one attached hydrogen (secondary N) is 3. The van der Waals surface area contributed by atoms with Crippen molar-refractivity contribution in [1.82, 2.24) is 5.32 Å². The number of amides is 2. The number of carbonyl (C=O) groups excluding carboxylic acids is 2. The zero-order chi connectivity index (χ0) is 21.5. The van der Waals surface area contributed by atoms with Crippen molar-refractivity contribution in [3.63, 3.8) is 0 Å². The molecular formula is C23H28N4O3. The fourth-order valence-electron chi connectivity index (χ4n) is 3.17. The molecular weight excluding hydrogens is 380 g/mol. The number of aryl methyl sites for hydroxylation is 2. The van der Waals surface area contributed by atoms with E-state index in [-0.39, 0.29) is 17.9 Å². The molecule has 1 saturated heterocycles. The second-order valence-corrected chi connectivity index (χ2v) is 7.46. The molecule has 158 valence electrons. The van der Waals surface area contributed by atoms with Crippen molar-refractivity contribution in [1.29, 1.82) is 0 Å². The quantitative estimate of drug-likeness (QED) is 0.520. The number of benzene rings is 2.